The van der Waals surface area contributed by atoms with Gasteiger partial charge in [-0.25, -0.2) is 0 Å². The van der Waals surface area contributed by atoms with Crippen molar-refractivity contribution in [2.45, 2.75) is 39.7 Å². The number of aliphatic hydroxyl groups is 1. The molecule has 0 spiro atoms. The van der Waals surface area contributed by atoms with Crippen molar-refractivity contribution in [3.63, 3.8) is 0 Å². The zero-order valence-corrected chi connectivity index (χ0v) is 11.1. The molecule has 3 nitrogen and oxygen atoms in total. The van der Waals surface area contributed by atoms with E-state index in [2.05, 4.69) is 20.8 Å². The van der Waals surface area contributed by atoms with Crippen LogP contribution in [0.15, 0.2) is 11.6 Å². The third kappa shape index (κ3) is 1.09. The average molecular weight is 248 g/mol. The summed E-state index contributed by atoms with van der Waals surface area (Å²) in [7, 11) is 0. The lowest BCUT2D eigenvalue weighted by Crippen LogP contribution is -2.34. The van der Waals surface area contributed by atoms with Gasteiger partial charge in [-0.15, -0.1) is 0 Å². The van der Waals surface area contributed by atoms with E-state index in [0.29, 0.717) is 11.5 Å². The Bertz CT molecular complexity index is 464. The molecule has 3 heteroatoms. The minimum Gasteiger partial charge on any atom is -0.392 e. The third-order valence-corrected chi connectivity index (χ3v) is 5.95. The van der Waals surface area contributed by atoms with Crippen molar-refractivity contribution < 1.29 is 14.7 Å². The topological polar surface area (TPSA) is 54.4 Å². The Morgan fingerprint density at radius 1 is 1.33 bits per heavy atom. The second kappa shape index (κ2) is 3.13. The monoisotopic (exact) mass is 248 g/mol. The number of hydrogen-bond acceptors (Lipinski definition) is 3. The van der Waals surface area contributed by atoms with E-state index in [1.807, 2.05) is 6.08 Å². The van der Waals surface area contributed by atoms with Crippen LogP contribution in [-0.4, -0.2) is 23.8 Å². The highest BCUT2D eigenvalue weighted by atomic mass is 16.3. The smallest absolute Gasteiger partial charge is 0.146 e. The van der Waals surface area contributed by atoms with E-state index in [4.69, 9.17) is 0 Å². The van der Waals surface area contributed by atoms with Crippen LogP contribution in [0.25, 0.3) is 0 Å². The first-order chi connectivity index (χ1) is 8.32. The predicted molar refractivity (Wildman–Crippen MR) is 66.8 cm³/mol. The first-order valence-electron chi connectivity index (χ1n) is 6.64. The summed E-state index contributed by atoms with van der Waals surface area (Å²) in [5.74, 6) is 0.345. The van der Waals surface area contributed by atoms with Crippen LogP contribution in [0.4, 0.5) is 0 Å². The second-order valence-electron chi connectivity index (χ2n) is 7.24. The molecule has 3 aliphatic carbocycles. The molecule has 2 fully saturated rings. The largest absolute Gasteiger partial charge is 0.392 e. The van der Waals surface area contributed by atoms with Gasteiger partial charge in [0.2, 0.25) is 0 Å². The van der Waals surface area contributed by atoms with Crippen molar-refractivity contribution in [3.05, 3.63) is 11.6 Å². The van der Waals surface area contributed by atoms with Crippen LogP contribution < -0.4 is 0 Å². The van der Waals surface area contributed by atoms with Crippen molar-refractivity contribution in [2.75, 3.05) is 0 Å². The number of allylic oxidation sites excluding steroid dienone is 1. The molecule has 0 bridgehead atoms. The molecule has 98 valence electrons. The molecule has 0 amide bonds. The van der Waals surface area contributed by atoms with E-state index >= 15 is 0 Å². The van der Waals surface area contributed by atoms with Crippen molar-refractivity contribution >= 4 is 12.6 Å². The standard InChI is InChI=1S/C15H20O3/c1-13(2)5-11-10(12(13)18)4-9(6-16)15(8-17)7-14(11,15)3/h4,6,8,10-12,18H,5,7H2,1-3H3. The summed E-state index contributed by atoms with van der Waals surface area (Å²) in [4.78, 5) is 22.7. The first-order valence-corrected chi connectivity index (χ1v) is 6.64. The van der Waals surface area contributed by atoms with Crippen molar-refractivity contribution in [1.29, 1.82) is 0 Å². The summed E-state index contributed by atoms with van der Waals surface area (Å²) in [6.45, 7) is 6.24. The maximum atomic E-state index is 11.5. The molecule has 5 atom stereocenters. The van der Waals surface area contributed by atoms with Crippen LogP contribution in [0, 0.1) is 28.1 Å². The molecule has 1 N–H and O–H groups in total. The van der Waals surface area contributed by atoms with E-state index in [1.165, 1.54) is 0 Å². The molecule has 3 aliphatic rings. The van der Waals surface area contributed by atoms with Gasteiger partial charge in [-0.3, -0.25) is 4.79 Å². The molecule has 18 heavy (non-hydrogen) atoms. The molecular weight excluding hydrogens is 228 g/mol. The highest BCUT2D eigenvalue weighted by Crippen LogP contribution is 2.76. The van der Waals surface area contributed by atoms with Crippen LogP contribution >= 0.6 is 0 Å². The fourth-order valence-corrected chi connectivity index (χ4v) is 4.60. The lowest BCUT2D eigenvalue weighted by molar-refractivity contribution is -0.115. The van der Waals surface area contributed by atoms with Crippen LogP contribution in [0.5, 0.6) is 0 Å². The summed E-state index contributed by atoms with van der Waals surface area (Å²) in [6, 6.07) is 0. The van der Waals surface area contributed by atoms with Gasteiger partial charge in [0.15, 0.2) is 0 Å². The van der Waals surface area contributed by atoms with Crippen molar-refractivity contribution in [3.8, 4) is 0 Å². The quantitative estimate of drug-likeness (QED) is 0.757. The number of rotatable bonds is 2. The molecule has 0 aliphatic heterocycles. The van der Waals surface area contributed by atoms with E-state index in [-0.39, 0.29) is 16.7 Å². The lowest BCUT2D eigenvalue weighted by atomic mass is 9.69. The summed E-state index contributed by atoms with van der Waals surface area (Å²) in [5, 5.41) is 10.4. The summed E-state index contributed by atoms with van der Waals surface area (Å²) < 4.78 is 0. The van der Waals surface area contributed by atoms with E-state index in [0.717, 1.165) is 25.4 Å². The van der Waals surface area contributed by atoms with Crippen molar-refractivity contribution in [1.82, 2.24) is 0 Å². The third-order valence-electron chi connectivity index (χ3n) is 5.95. The van der Waals surface area contributed by atoms with Gasteiger partial charge in [-0.2, -0.15) is 0 Å². The second-order valence-corrected chi connectivity index (χ2v) is 7.24. The normalized spacial score (nSPS) is 52.0. The average Bonchev–Trinajstić information content (AvgIpc) is 2.89. The van der Waals surface area contributed by atoms with Crippen molar-refractivity contribution in [2.24, 2.45) is 28.1 Å². The number of carbonyl (C=O) groups excluding carboxylic acids is 2. The minimum atomic E-state index is -0.559. The van der Waals surface area contributed by atoms with Crippen LogP contribution in [0.2, 0.25) is 0 Å². The maximum Gasteiger partial charge on any atom is 0.146 e. The number of fused-ring (bicyclic) bond motifs is 3. The van der Waals surface area contributed by atoms with Gasteiger partial charge in [-0.1, -0.05) is 26.8 Å². The van der Waals surface area contributed by atoms with Crippen LogP contribution in [0.3, 0.4) is 0 Å². The Kier molecular flexibility index (Phi) is 2.10. The van der Waals surface area contributed by atoms with E-state index < -0.39 is 11.5 Å². The van der Waals surface area contributed by atoms with Crippen LogP contribution in [0.1, 0.15) is 33.6 Å². The fourth-order valence-electron chi connectivity index (χ4n) is 4.60. The molecule has 0 saturated heterocycles. The number of aldehydes is 2. The van der Waals surface area contributed by atoms with Gasteiger partial charge in [0, 0.05) is 11.5 Å². The van der Waals surface area contributed by atoms with Gasteiger partial charge in [0.1, 0.15) is 12.6 Å². The van der Waals surface area contributed by atoms with Gasteiger partial charge in [-0.05, 0) is 29.6 Å². The molecule has 2 saturated carbocycles. The number of hydrogen-bond donors (Lipinski definition) is 1. The fraction of sp³-hybridized carbons (Fsp3) is 0.733. The Balaban J connectivity index is 2.11. The zero-order chi connectivity index (χ0) is 13.3. The molecular formula is C15H20O3. The molecule has 3 rings (SSSR count). The zero-order valence-electron chi connectivity index (χ0n) is 11.1. The molecule has 0 aromatic rings. The Hall–Kier alpha value is -0.960. The van der Waals surface area contributed by atoms with Gasteiger partial charge in [0.05, 0.1) is 11.5 Å². The SMILES string of the molecule is CC1(C)CC2C(C=C(C=O)C3(C=O)CC23C)C1O. The number of carbonyl (C=O) groups is 2. The lowest BCUT2D eigenvalue weighted by Gasteiger charge is -2.34. The predicted octanol–water partition coefficient (Wildman–Crippen LogP) is 1.74. The molecule has 0 aromatic heterocycles. The number of aliphatic hydroxyl groups excluding tert-OH is 1. The Morgan fingerprint density at radius 3 is 2.56 bits per heavy atom. The maximum absolute atomic E-state index is 11.5. The first kappa shape index (κ1) is 12.1. The van der Waals surface area contributed by atoms with E-state index in [9.17, 15) is 14.7 Å². The molecule has 0 radical (unpaired) electrons. The minimum absolute atomic E-state index is 0.0285. The van der Waals surface area contributed by atoms with Gasteiger partial charge < -0.3 is 9.90 Å². The van der Waals surface area contributed by atoms with Crippen LogP contribution in [-0.2, 0) is 9.59 Å². The molecule has 5 unspecified atom stereocenters. The Labute approximate surface area is 107 Å². The van der Waals surface area contributed by atoms with Gasteiger partial charge >= 0.3 is 0 Å². The van der Waals surface area contributed by atoms with Gasteiger partial charge in [0.25, 0.3) is 0 Å². The highest BCUT2D eigenvalue weighted by molar-refractivity contribution is 5.89. The Morgan fingerprint density at radius 2 is 2.00 bits per heavy atom. The summed E-state index contributed by atoms with van der Waals surface area (Å²) in [5.41, 5.74) is -0.224. The summed E-state index contributed by atoms with van der Waals surface area (Å²) >= 11 is 0. The molecule has 0 aromatic carbocycles. The van der Waals surface area contributed by atoms with E-state index in [1.54, 1.807) is 0 Å². The molecule has 0 heterocycles. The summed E-state index contributed by atoms with van der Waals surface area (Å²) in [6.07, 6.45) is 4.92. The highest BCUT2D eigenvalue weighted by Gasteiger charge is 2.74.